The van der Waals surface area contributed by atoms with Crippen LogP contribution in [0, 0.1) is 0 Å². The van der Waals surface area contributed by atoms with Gasteiger partial charge >= 0.3 is 0 Å². The average Bonchev–Trinajstić information content (AvgIpc) is 2.41. The summed E-state index contributed by atoms with van der Waals surface area (Å²) in [5, 5.41) is 12.5. The van der Waals surface area contributed by atoms with E-state index >= 15 is 0 Å². The molecule has 5 nitrogen and oxygen atoms in total. The summed E-state index contributed by atoms with van der Waals surface area (Å²) in [7, 11) is 0. The van der Waals surface area contributed by atoms with Gasteiger partial charge in [-0.1, -0.05) is 0 Å². The highest BCUT2D eigenvalue weighted by molar-refractivity contribution is 5.77. The van der Waals surface area contributed by atoms with Gasteiger partial charge in [0.2, 0.25) is 5.91 Å². The highest BCUT2D eigenvalue weighted by Crippen LogP contribution is 2.21. The van der Waals surface area contributed by atoms with E-state index in [2.05, 4.69) is 5.32 Å². The van der Waals surface area contributed by atoms with Gasteiger partial charge in [0, 0.05) is 19.8 Å². The van der Waals surface area contributed by atoms with E-state index in [1.165, 1.54) is 0 Å². The van der Waals surface area contributed by atoms with Crippen molar-refractivity contribution in [3.63, 3.8) is 0 Å². The second-order valence-electron chi connectivity index (χ2n) is 5.29. The van der Waals surface area contributed by atoms with Crippen LogP contribution in [0.15, 0.2) is 0 Å². The van der Waals surface area contributed by atoms with Crippen LogP contribution in [0.25, 0.3) is 0 Å². The van der Waals surface area contributed by atoms with Crippen molar-refractivity contribution >= 4 is 5.91 Å². The van der Waals surface area contributed by atoms with Crippen LogP contribution >= 0.6 is 0 Å². The van der Waals surface area contributed by atoms with Crippen LogP contribution in [-0.4, -0.2) is 49.1 Å². The Labute approximate surface area is 108 Å². The summed E-state index contributed by atoms with van der Waals surface area (Å²) in [6, 6.07) is 0. The van der Waals surface area contributed by atoms with Crippen molar-refractivity contribution in [1.82, 2.24) is 5.32 Å². The first-order chi connectivity index (χ1) is 8.74. The molecule has 2 N–H and O–H groups in total. The zero-order valence-corrected chi connectivity index (χ0v) is 10.8. The smallest absolute Gasteiger partial charge is 0.223 e. The van der Waals surface area contributed by atoms with Crippen LogP contribution < -0.4 is 5.32 Å². The van der Waals surface area contributed by atoms with E-state index in [4.69, 9.17) is 9.47 Å². The highest BCUT2D eigenvalue weighted by atomic mass is 16.5. The Bertz CT molecular complexity index is 270. The van der Waals surface area contributed by atoms with Gasteiger partial charge < -0.3 is 19.9 Å². The van der Waals surface area contributed by atoms with E-state index in [0.717, 1.165) is 25.9 Å². The lowest BCUT2D eigenvalue weighted by atomic mass is 9.90. The molecule has 18 heavy (non-hydrogen) atoms. The summed E-state index contributed by atoms with van der Waals surface area (Å²) in [5.41, 5.74) is -0.482. The molecule has 0 spiro atoms. The normalized spacial score (nSPS) is 27.7. The molecule has 104 valence electrons. The average molecular weight is 257 g/mol. The Hall–Kier alpha value is -0.650. The summed E-state index contributed by atoms with van der Waals surface area (Å²) >= 11 is 0. The molecule has 0 radical (unpaired) electrons. The maximum Gasteiger partial charge on any atom is 0.223 e. The fourth-order valence-corrected chi connectivity index (χ4v) is 2.61. The SMILES string of the molecule is O=C(CC1CCCCO1)NC1(CO)CCOCC1. The van der Waals surface area contributed by atoms with E-state index in [-0.39, 0.29) is 18.6 Å². The minimum atomic E-state index is -0.482. The third-order valence-electron chi connectivity index (χ3n) is 3.84. The number of nitrogens with one attached hydrogen (secondary N) is 1. The van der Waals surface area contributed by atoms with E-state index in [9.17, 15) is 9.90 Å². The second kappa shape index (κ2) is 6.50. The zero-order chi connectivity index (χ0) is 12.8. The van der Waals surface area contributed by atoms with Gasteiger partial charge in [-0.05, 0) is 32.1 Å². The van der Waals surface area contributed by atoms with E-state index in [1.54, 1.807) is 0 Å². The predicted octanol–water partition coefficient (Wildman–Crippen LogP) is 0.603. The highest BCUT2D eigenvalue weighted by Gasteiger charge is 2.34. The van der Waals surface area contributed by atoms with Crippen molar-refractivity contribution in [2.75, 3.05) is 26.4 Å². The van der Waals surface area contributed by atoms with Crippen LogP contribution in [0.3, 0.4) is 0 Å². The lowest BCUT2D eigenvalue weighted by Gasteiger charge is -2.36. The Morgan fingerprint density at radius 2 is 2.06 bits per heavy atom. The number of aliphatic hydroxyl groups excluding tert-OH is 1. The van der Waals surface area contributed by atoms with Crippen LogP contribution in [0.5, 0.6) is 0 Å². The maximum atomic E-state index is 12.0. The van der Waals surface area contributed by atoms with Gasteiger partial charge in [-0.25, -0.2) is 0 Å². The van der Waals surface area contributed by atoms with Crippen molar-refractivity contribution in [2.45, 2.75) is 50.2 Å². The largest absolute Gasteiger partial charge is 0.394 e. The van der Waals surface area contributed by atoms with Gasteiger partial charge in [0.1, 0.15) is 0 Å². The van der Waals surface area contributed by atoms with Gasteiger partial charge in [0.25, 0.3) is 0 Å². The lowest BCUT2D eigenvalue weighted by molar-refractivity contribution is -0.129. The first-order valence-electron chi connectivity index (χ1n) is 6.85. The molecule has 1 atom stereocenters. The third kappa shape index (κ3) is 3.67. The summed E-state index contributed by atoms with van der Waals surface area (Å²) in [6.45, 7) is 1.94. The Balaban J connectivity index is 1.81. The van der Waals surface area contributed by atoms with Gasteiger partial charge in [0.15, 0.2) is 0 Å². The van der Waals surface area contributed by atoms with Crippen LogP contribution in [-0.2, 0) is 14.3 Å². The molecule has 2 heterocycles. The molecule has 0 bridgehead atoms. The molecule has 1 unspecified atom stereocenters. The first kappa shape index (κ1) is 13.8. The molecule has 0 aromatic rings. The molecule has 0 aliphatic carbocycles. The number of ether oxygens (including phenoxy) is 2. The Morgan fingerprint density at radius 1 is 1.28 bits per heavy atom. The van der Waals surface area contributed by atoms with Gasteiger partial charge in [-0.2, -0.15) is 0 Å². The van der Waals surface area contributed by atoms with Crippen molar-refractivity contribution in [3.05, 3.63) is 0 Å². The van der Waals surface area contributed by atoms with E-state index in [1.807, 2.05) is 0 Å². The van der Waals surface area contributed by atoms with Crippen LogP contribution in [0.2, 0.25) is 0 Å². The minimum absolute atomic E-state index is 0.0159. The van der Waals surface area contributed by atoms with Gasteiger partial charge in [0.05, 0.1) is 24.7 Å². The van der Waals surface area contributed by atoms with E-state index in [0.29, 0.717) is 32.5 Å². The molecule has 0 aromatic carbocycles. The number of hydrogen-bond acceptors (Lipinski definition) is 4. The summed E-state index contributed by atoms with van der Waals surface area (Å²) in [6.07, 6.45) is 5.01. The molecule has 2 rings (SSSR count). The second-order valence-corrected chi connectivity index (χ2v) is 5.29. The summed E-state index contributed by atoms with van der Waals surface area (Å²) < 4.78 is 10.8. The number of carbonyl (C=O) groups is 1. The van der Waals surface area contributed by atoms with Crippen molar-refractivity contribution in [1.29, 1.82) is 0 Å². The molecule has 5 heteroatoms. The Kier molecular flexibility index (Phi) is 4.97. The molecule has 2 aliphatic rings. The Morgan fingerprint density at radius 3 is 2.67 bits per heavy atom. The monoisotopic (exact) mass is 257 g/mol. The molecule has 0 saturated carbocycles. The van der Waals surface area contributed by atoms with E-state index < -0.39 is 5.54 Å². The van der Waals surface area contributed by atoms with Crippen molar-refractivity contribution in [3.8, 4) is 0 Å². The molecule has 1 amide bonds. The third-order valence-corrected chi connectivity index (χ3v) is 3.84. The topological polar surface area (TPSA) is 67.8 Å². The number of aliphatic hydroxyl groups is 1. The predicted molar refractivity (Wildman–Crippen MR) is 66.2 cm³/mol. The van der Waals surface area contributed by atoms with Gasteiger partial charge in [-0.15, -0.1) is 0 Å². The fraction of sp³-hybridized carbons (Fsp3) is 0.923. The number of hydrogen-bond donors (Lipinski definition) is 2. The quantitative estimate of drug-likeness (QED) is 0.774. The number of carbonyl (C=O) groups excluding carboxylic acids is 1. The molecular weight excluding hydrogens is 234 g/mol. The molecule has 2 aliphatic heterocycles. The fourth-order valence-electron chi connectivity index (χ4n) is 2.61. The number of rotatable bonds is 4. The molecule has 2 saturated heterocycles. The van der Waals surface area contributed by atoms with Crippen LogP contribution in [0.4, 0.5) is 0 Å². The maximum absolute atomic E-state index is 12.0. The minimum Gasteiger partial charge on any atom is -0.394 e. The molecule has 0 aromatic heterocycles. The van der Waals surface area contributed by atoms with Crippen LogP contribution in [0.1, 0.15) is 38.5 Å². The number of amides is 1. The standard InChI is InChI=1S/C13H23NO4/c15-10-13(4-7-17-8-5-13)14-12(16)9-11-3-1-2-6-18-11/h11,15H,1-10H2,(H,14,16). The zero-order valence-electron chi connectivity index (χ0n) is 10.8. The van der Waals surface area contributed by atoms with Crippen molar-refractivity contribution < 1.29 is 19.4 Å². The molecule has 2 fully saturated rings. The van der Waals surface area contributed by atoms with Crippen molar-refractivity contribution in [2.24, 2.45) is 0 Å². The first-order valence-corrected chi connectivity index (χ1v) is 6.85. The molecular formula is C13H23NO4. The summed E-state index contributed by atoms with van der Waals surface area (Å²) in [5.74, 6) is -0.0159. The lowest BCUT2D eigenvalue weighted by Crippen LogP contribution is -2.55. The van der Waals surface area contributed by atoms with Gasteiger partial charge in [-0.3, -0.25) is 4.79 Å². The summed E-state index contributed by atoms with van der Waals surface area (Å²) in [4.78, 5) is 12.0.